The highest BCUT2D eigenvalue weighted by molar-refractivity contribution is 5.91. The predicted molar refractivity (Wildman–Crippen MR) is 70.9 cm³/mol. The number of aromatic nitrogens is 2. The van der Waals surface area contributed by atoms with Gasteiger partial charge in [0.2, 0.25) is 5.91 Å². The van der Waals surface area contributed by atoms with Crippen molar-refractivity contribution in [2.75, 3.05) is 5.32 Å². The Kier molecular flexibility index (Phi) is 3.85. The van der Waals surface area contributed by atoms with E-state index in [0.717, 1.165) is 5.56 Å². The summed E-state index contributed by atoms with van der Waals surface area (Å²) in [6.07, 6.45) is 3.07. The van der Waals surface area contributed by atoms with E-state index in [2.05, 4.69) is 15.3 Å². The Bertz CT molecular complexity index is 564. The van der Waals surface area contributed by atoms with Gasteiger partial charge in [-0.1, -0.05) is 13.8 Å². The number of carbonyl (C=O) groups is 1. The van der Waals surface area contributed by atoms with Crippen LogP contribution in [0.3, 0.4) is 0 Å². The number of anilines is 1. The van der Waals surface area contributed by atoms with E-state index in [9.17, 15) is 9.18 Å². The van der Waals surface area contributed by atoms with Crippen LogP contribution in [0.15, 0.2) is 36.7 Å². The van der Waals surface area contributed by atoms with Crippen molar-refractivity contribution < 1.29 is 9.18 Å². The fourth-order valence-corrected chi connectivity index (χ4v) is 1.43. The van der Waals surface area contributed by atoms with Crippen LogP contribution in [0.25, 0.3) is 11.4 Å². The lowest BCUT2D eigenvalue weighted by molar-refractivity contribution is -0.118. The van der Waals surface area contributed by atoms with Gasteiger partial charge in [0.15, 0.2) is 5.82 Å². The molecular formula is C14H14FN3O. The lowest BCUT2D eigenvalue weighted by Crippen LogP contribution is -2.17. The van der Waals surface area contributed by atoms with Gasteiger partial charge in [-0.2, -0.15) is 0 Å². The van der Waals surface area contributed by atoms with E-state index in [0.29, 0.717) is 11.5 Å². The van der Waals surface area contributed by atoms with Crippen LogP contribution in [0.5, 0.6) is 0 Å². The maximum Gasteiger partial charge on any atom is 0.227 e. The zero-order valence-corrected chi connectivity index (χ0v) is 10.7. The molecule has 0 fully saturated rings. The first kappa shape index (κ1) is 13.1. The zero-order valence-electron chi connectivity index (χ0n) is 10.7. The van der Waals surface area contributed by atoms with Crippen LogP contribution < -0.4 is 5.32 Å². The number of rotatable bonds is 3. The van der Waals surface area contributed by atoms with Crippen molar-refractivity contribution in [3.8, 4) is 11.4 Å². The number of hydrogen-bond donors (Lipinski definition) is 1. The molecule has 0 aliphatic rings. The van der Waals surface area contributed by atoms with Crippen molar-refractivity contribution in [1.29, 1.82) is 0 Å². The molecule has 98 valence electrons. The smallest absolute Gasteiger partial charge is 0.227 e. The summed E-state index contributed by atoms with van der Waals surface area (Å²) in [6.45, 7) is 3.62. The molecule has 2 aromatic rings. The Morgan fingerprint density at radius 1 is 1.16 bits per heavy atom. The maximum atomic E-state index is 12.8. The van der Waals surface area contributed by atoms with Crippen molar-refractivity contribution in [2.24, 2.45) is 5.92 Å². The average molecular weight is 259 g/mol. The molecule has 0 saturated heterocycles. The average Bonchev–Trinajstić information content (AvgIpc) is 2.40. The first-order valence-electron chi connectivity index (χ1n) is 5.95. The number of carbonyl (C=O) groups excluding carboxylic acids is 1. The van der Waals surface area contributed by atoms with Gasteiger partial charge in [0.25, 0.3) is 0 Å². The third-order valence-electron chi connectivity index (χ3n) is 2.55. The third-order valence-corrected chi connectivity index (χ3v) is 2.55. The summed E-state index contributed by atoms with van der Waals surface area (Å²) in [4.78, 5) is 19.8. The quantitative estimate of drug-likeness (QED) is 0.922. The molecule has 1 heterocycles. The second-order valence-electron chi connectivity index (χ2n) is 4.45. The molecule has 1 aromatic heterocycles. The molecule has 4 nitrogen and oxygen atoms in total. The lowest BCUT2D eigenvalue weighted by Gasteiger charge is -2.07. The van der Waals surface area contributed by atoms with Crippen molar-refractivity contribution in [3.05, 3.63) is 42.5 Å². The number of amides is 1. The van der Waals surface area contributed by atoms with Crippen LogP contribution in [0.1, 0.15) is 13.8 Å². The van der Waals surface area contributed by atoms with Gasteiger partial charge in [0.05, 0.1) is 18.1 Å². The van der Waals surface area contributed by atoms with E-state index in [4.69, 9.17) is 0 Å². The molecule has 0 unspecified atom stereocenters. The molecule has 1 amide bonds. The maximum absolute atomic E-state index is 12.8. The van der Waals surface area contributed by atoms with Gasteiger partial charge in [-0.05, 0) is 24.3 Å². The van der Waals surface area contributed by atoms with Crippen molar-refractivity contribution in [2.45, 2.75) is 13.8 Å². The van der Waals surface area contributed by atoms with Gasteiger partial charge in [-0.3, -0.25) is 4.79 Å². The highest BCUT2D eigenvalue weighted by Crippen LogP contribution is 2.16. The third kappa shape index (κ3) is 3.34. The largest absolute Gasteiger partial charge is 0.323 e. The summed E-state index contributed by atoms with van der Waals surface area (Å²) in [5.41, 5.74) is 1.27. The van der Waals surface area contributed by atoms with Gasteiger partial charge in [-0.25, -0.2) is 14.4 Å². The Hall–Kier alpha value is -2.30. The van der Waals surface area contributed by atoms with E-state index in [-0.39, 0.29) is 17.6 Å². The Morgan fingerprint density at radius 2 is 1.74 bits per heavy atom. The molecule has 0 radical (unpaired) electrons. The molecule has 5 heteroatoms. The summed E-state index contributed by atoms with van der Waals surface area (Å²) in [7, 11) is 0. The predicted octanol–water partition coefficient (Wildman–Crippen LogP) is 2.88. The molecule has 0 aliphatic heterocycles. The number of benzene rings is 1. The zero-order chi connectivity index (χ0) is 13.8. The Labute approximate surface area is 110 Å². The topological polar surface area (TPSA) is 54.9 Å². The van der Waals surface area contributed by atoms with Crippen LogP contribution in [0, 0.1) is 11.7 Å². The normalized spacial score (nSPS) is 10.5. The van der Waals surface area contributed by atoms with Gasteiger partial charge in [0, 0.05) is 11.5 Å². The van der Waals surface area contributed by atoms with E-state index in [1.165, 1.54) is 24.5 Å². The molecule has 0 aliphatic carbocycles. The summed E-state index contributed by atoms with van der Waals surface area (Å²) in [6, 6.07) is 5.92. The van der Waals surface area contributed by atoms with Crippen molar-refractivity contribution in [1.82, 2.24) is 9.97 Å². The monoisotopic (exact) mass is 259 g/mol. The van der Waals surface area contributed by atoms with Crippen LogP contribution in [-0.4, -0.2) is 15.9 Å². The number of nitrogens with one attached hydrogen (secondary N) is 1. The minimum absolute atomic E-state index is 0.0851. The summed E-state index contributed by atoms with van der Waals surface area (Å²) < 4.78 is 12.8. The van der Waals surface area contributed by atoms with Gasteiger partial charge in [0.1, 0.15) is 5.82 Å². The molecular weight excluding hydrogens is 245 g/mol. The molecule has 0 saturated carbocycles. The van der Waals surface area contributed by atoms with E-state index >= 15 is 0 Å². The van der Waals surface area contributed by atoms with Crippen LogP contribution >= 0.6 is 0 Å². The minimum Gasteiger partial charge on any atom is -0.323 e. The number of nitrogens with zero attached hydrogens (tertiary/aromatic N) is 2. The molecule has 2 rings (SSSR count). The highest BCUT2D eigenvalue weighted by Gasteiger charge is 2.08. The molecule has 0 atom stereocenters. The number of halogens is 1. The summed E-state index contributed by atoms with van der Waals surface area (Å²) in [5, 5.41) is 2.71. The minimum atomic E-state index is -0.301. The van der Waals surface area contributed by atoms with Crippen molar-refractivity contribution in [3.63, 3.8) is 0 Å². The van der Waals surface area contributed by atoms with Crippen LogP contribution in [-0.2, 0) is 4.79 Å². The fourth-order valence-electron chi connectivity index (χ4n) is 1.43. The fraction of sp³-hybridized carbons (Fsp3) is 0.214. The van der Waals surface area contributed by atoms with Crippen LogP contribution in [0.4, 0.5) is 10.1 Å². The Balaban J connectivity index is 2.14. The second kappa shape index (κ2) is 5.56. The lowest BCUT2D eigenvalue weighted by atomic mass is 10.2. The van der Waals surface area contributed by atoms with Crippen molar-refractivity contribution >= 4 is 11.6 Å². The second-order valence-corrected chi connectivity index (χ2v) is 4.45. The van der Waals surface area contributed by atoms with Gasteiger partial charge in [-0.15, -0.1) is 0 Å². The molecule has 0 spiro atoms. The SMILES string of the molecule is CC(C)C(=O)Nc1cnc(-c2ccc(F)cc2)nc1. The molecule has 0 bridgehead atoms. The van der Waals surface area contributed by atoms with E-state index in [1.807, 2.05) is 13.8 Å². The first-order chi connectivity index (χ1) is 9.06. The highest BCUT2D eigenvalue weighted by atomic mass is 19.1. The standard InChI is InChI=1S/C14H14FN3O/c1-9(2)14(19)18-12-7-16-13(17-8-12)10-3-5-11(15)6-4-10/h3-9H,1-2H3,(H,18,19). The van der Waals surface area contributed by atoms with Crippen LogP contribution in [0.2, 0.25) is 0 Å². The van der Waals surface area contributed by atoms with E-state index in [1.54, 1.807) is 12.1 Å². The molecule has 1 N–H and O–H groups in total. The van der Waals surface area contributed by atoms with Gasteiger partial charge < -0.3 is 5.32 Å². The molecule has 19 heavy (non-hydrogen) atoms. The molecule has 1 aromatic carbocycles. The van der Waals surface area contributed by atoms with Gasteiger partial charge >= 0.3 is 0 Å². The number of hydrogen-bond acceptors (Lipinski definition) is 3. The van der Waals surface area contributed by atoms with E-state index < -0.39 is 0 Å². The summed E-state index contributed by atoms with van der Waals surface area (Å²) in [5.74, 6) is 0.00187. The first-order valence-corrected chi connectivity index (χ1v) is 5.95. The Morgan fingerprint density at radius 3 is 2.26 bits per heavy atom. The summed E-state index contributed by atoms with van der Waals surface area (Å²) >= 11 is 0.